The molecule has 0 aliphatic carbocycles. The number of ether oxygens (including phenoxy) is 2. The van der Waals surface area contributed by atoms with Crippen LogP contribution in [0.25, 0.3) is 11.4 Å². The topological polar surface area (TPSA) is 115 Å². The molecule has 1 saturated heterocycles. The van der Waals surface area contributed by atoms with Gasteiger partial charge in [-0.1, -0.05) is 5.16 Å². The number of benzene rings is 1. The van der Waals surface area contributed by atoms with Crippen LogP contribution in [-0.4, -0.2) is 64.9 Å². The molecule has 0 saturated carbocycles. The molecule has 9 heteroatoms. The normalized spacial score (nSPS) is 16.9. The average Bonchev–Trinajstić information content (AvgIpc) is 3.17. The monoisotopic (exact) mass is 375 g/mol. The first-order chi connectivity index (χ1) is 13.1. The third-order valence-electron chi connectivity index (χ3n) is 4.33. The summed E-state index contributed by atoms with van der Waals surface area (Å²) in [5.41, 5.74) is 0.805. The lowest BCUT2D eigenvalue weighted by Gasteiger charge is -2.32. The SMILES string of the molecule is COc1ccc(-c2noc(CCCC(=O)N3CCOCC3C(=O)O)n2)cc1. The van der Waals surface area contributed by atoms with Gasteiger partial charge in [-0.15, -0.1) is 0 Å². The number of carbonyl (C=O) groups is 2. The van der Waals surface area contributed by atoms with Crippen molar-refractivity contribution in [3.8, 4) is 17.1 Å². The zero-order valence-corrected chi connectivity index (χ0v) is 15.0. The number of aryl methyl sites for hydroxylation is 1. The zero-order chi connectivity index (χ0) is 19.2. The molecule has 1 aliphatic heterocycles. The second-order valence-corrected chi connectivity index (χ2v) is 6.11. The van der Waals surface area contributed by atoms with Crippen LogP contribution >= 0.6 is 0 Å². The Morgan fingerprint density at radius 1 is 1.33 bits per heavy atom. The van der Waals surface area contributed by atoms with Crippen LogP contribution in [0.1, 0.15) is 18.7 Å². The van der Waals surface area contributed by atoms with Crippen molar-refractivity contribution in [2.24, 2.45) is 0 Å². The maximum absolute atomic E-state index is 12.3. The summed E-state index contributed by atoms with van der Waals surface area (Å²) < 4.78 is 15.5. The Bertz CT molecular complexity index is 789. The highest BCUT2D eigenvalue weighted by Crippen LogP contribution is 2.20. The van der Waals surface area contributed by atoms with Crippen LogP contribution < -0.4 is 4.74 Å². The highest BCUT2D eigenvalue weighted by molar-refractivity contribution is 5.84. The number of rotatable bonds is 7. The van der Waals surface area contributed by atoms with E-state index in [0.29, 0.717) is 31.2 Å². The summed E-state index contributed by atoms with van der Waals surface area (Å²) in [7, 11) is 1.60. The van der Waals surface area contributed by atoms with Gasteiger partial charge in [0.25, 0.3) is 0 Å². The standard InChI is InChI=1S/C18H21N3O6/c1-25-13-7-5-12(6-8-13)17-19-15(27-20-17)3-2-4-16(22)21-9-10-26-11-14(21)18(23)24/h5-8,14H,2-4,9-11H2,1H3,(H,23,24). The van der Waals surface area contributed by atoms with Crippen LogP contribution in [0.15, 0.2) is 28.8 Å². The molecule has 1 N–H and O–H groups in total. The van der Waals surface area contributed by atoms with Crippen molar-refractivity contribution in [2.45, 2.75) is 25.3 Å². The van der Waals surface area contributed by atoms with Gasteiger partial charge in [0.15, 0.2) is 6.04 Å². The van der Waals surface area contributed by atoms with Crippen molar-refractivity contribution in [2.75, 3.05) is 26.9 Å². The number of hydrogen-bond acceptors (Lipinski definition) is 7. The van der Waals surface area contributed by atoms with Crippen LogP contribution in [0.5, 0.6) is 5.75 Å². The molecule has 2 heterocycles. The van der Waals surface area contributed by atoms with E-state index in [1.165, 1.54) is 4.90 Å². The van der Waals surface area contributed by atoms with Crippen molar-refractivity contribution in [1.29, 1.82) is 0 Å². The fourth-order valence-electron chi connectivity index (χ4n) is 2.85. The van der Waals surface area contributed by atoms with Crippen LogP contribution in [0.2, 0.25) is 0 Å². The Morgan fingerprint density at radius 3 is 2.81 bits per heavy atom. The molecule has 1 fully saturated rings. The number of hydrogen-bond donors (Lipinski definition) is 1. The number of aromatic nitrogens is 2. The summed E-state index contributed by atoms with van der Waals surface area (Å²) in [5.74, 6) is 0.386. The van der Waals surface area contributed by atoms with Crippen molar-refractivity contribution >= 4 is 11.9 Å². The van der Waals surface area contributed by atoms with Crippen LogP contribution in [0.3, 0.4) is 0 Å². The molecule has 1 amide bonds. The van der Waals surface area contributed by atoms with E-state index in [1.54, 1.807) is 7.11 Å². The van der Waals surface area contributed by atoms with Crippen LogP contribution in [0.4, 0.5) is 0 Å². The van der Waals surface area contributed by atoms with Gasteiger partial charge >= 0.3 is 5.97 Å². The number of nitrogens with zero attached hydrogens (tertiary/aromatic N) is 3. The van der Waals surface area contributed by atoms with E-state index in [1.807, 2.05) is 24.3 Å². The predicted molar refractivity (Wildman–Crippen MR) is 93.2 cm³/mol. The molecule has 27 heavy (non-hydrogen) atoms. The number of morpholine rings is 1. The van der Waals surface area contributed by atoms with Gasteiger partial charge in [-0.2, -0.15) is 4.98 Å². The maximum Gasteiger partial charge on any atom is 0.328 e. The van der Waals surface area contributed by atoms with Gasteiger partial charge in [0.1, 0.15) is 5.75 Å². The van der Waals surface area contributed by atoms with E-state index in [2.05, 4.69) is 10.1 Å². The molecular weight excluding hydrogens is 354 g/mol. The van der Waals surface area contributed by atoms with Crippen molar-refractivity contribution < 1.29 is 28.7 Å². The largest absolute Gasteiger partial charge is 0.497 e. The summed E-state index contributed by atoms with van der Waals surface area (Å²) in [6.07, 6.45) is 1.15. The highest BCUT2D eigenvalue weighted by Gasteiger charge is 2.32. The minimum absolute atomic E-state index is 0.0238. The Labute approximate surface area is 155 Å². The van der Waals surface area contributed by atoms with Gasteiger partial charge < -0.3 is 24.0 Å². The quantitative estimate of drug-likeness (QED) is 0.772. The van der Waals surface area contributed by atoms with E-state index in [0.717, 1.165) is 11.3 Å². The number of carboxylic acids is 1. The third-order valence-corrected chi connectivity index (χ3v) is 4.33. The summed E-state index contributed by atoms with van der Waals surface area (Å²) in [6, 6.07) is 6.37. The molecule has 1 atom stereocenters. The van der Waals surface area contributed by atoms with Gasteiger partial charge in [-0.05, 0) is 30.7 Å². The minimum atomic E-state index is -1.05. The van der Waals surface area contributed by atoms with Gasteiger partial charge in [-0.25, -0.2) is 4.79 Å². The fourth-order valence-corrected chi connectivity index (χ4v) is 2.85. The van der Waals surface area contributed by atoms with Crippen molar-refractivity contribution in [3.05, 3.63) is 30.2 Å². The number of amides is 1. The smallest absolute Gasteiger partial charge is 0.328 e. The molecule has 0 radical (unpaired) electrons. The second-order valence-electron chi connectivity index (χ2n) is 6.11. The second kappa shape index (κ2) is 8.63. The first-order valence-electron chi connectivity index (χ1n) is 8.65. The summed E-state index contributed by atoms with van der Waals surface area (Å²) in [4.78, 5) is 29.2. The fraction of sp³-hybridized carbons (Fsp3) is 0.444. The van der Waals surface area contributed by atoms with Gasteiger partial charge in [-0.3, -0.25) is 4.79 Å². The maximum atomic E-state index is 12.3. The van der Waals surface area contributed by atoms with Gasteiger partial charge in [0, 0.05) is 24.9 Å². The van der Waals surface area contributed by atoms with Crippen LogP contribution in [0, 0.1) is 0 Å². The molecule has 2 aromatic rings. The molecule has 1 aromatic heterocycles. The predicted octanol–water partition coefficient (Wildman–Crippen LogP) is 1.38. The van der Waals surface area contributed by atoms with Crippen molar-refractivity contribution in [1.82, 2.24) is 15.0 Å². The molecule has 9 nitrogen and oxygen atoms in total. The minimum Gasteiger partial charge on any atom is -0.497 e. The van der Waals surface area contributed by atoms with E-state index >= 15 is 0 Å². The van der Waals surface area contributed by atoms with E-state index in [-0.39, 0.29) is 25.5 Å². The van der Waals surface area contributed by atoms with Crippen LogP contribution in [-0.2, 0) is 20.7 Å². The lowest BCUT2D eigenvalue weighted by atomic mass is 10.1. The summed E-state index contributed by atoms with van der Waals surface area (Å²) >= 11 is 0. The molecule has 3 rings (SSSR count). The number of carboxylic acid groups (broad SMARTS) is 1. The van der Waals surface area contributed by atoms with E-state index in [9.17, 15) is 14.7 Å². The molecule has 144 valence electrons. The first-order valence-corrected chi connectivity index (χ1v) is 8.65. The molecule has 1 aromatic carbocycles. The molecule has 0 spiro atoms. The highest BCUT2D eigenvalue weighted by atomic mass is 16.5. The molecule has 1 unspecified atom stereocenters. The van der Waals surface area contributed by atoms with Gasteiger partial charge in [0.2, 0.25) is 17.6 Å². The Balaban J connectivity index is 1.52. The Hall–Kier alpha value is -2.94. The van der Waals surface area contributed by atoms with E-state index < -0.39 is 12.0 Å². The zero-order valence-electron chi connectivity index (χ0n) is 15.0. The number of aliphatic carboxylic acids is 1. The molecule has 1 aliphatic rings. The summed E-state index contributed by atoms with van der Waals surface area (Å²) in [6.45, 7) is 0.665. The van der Waals surface area contributed by atoms with Gasteiger partial charge in [0.05, 0.1) is 20.3 Å². The molecule has 0 bridgehead atoms. The average molecular weight is 375 g/mol. The number of carbonyl (C=O) groups excluding carboxylic acids is 1. The third kappa shape index (κ3) is 4.62. The van der Waals surface area contributed by atoms with Crippen molar-refractivity contribution in [3.63, 3.8) is 0 Å². The summed E-state index contributed by atoms with van der Waals surface area (Å²) in [5, 5.41) is 13.1. The molecular formula is C18H21N3O6. The van der Waals surface area contributed by atoms with E-state index in [4.69, 9.17) is 14.0 Å². The Kier molecular flexibility index (Phi) is 6.02. The Morgan fingerprint density at radius 2 is 2.11 bits per heavy atom. The lowest BCUT2D eigenvalue weighted by molar-refractivity contribution is -0.158. The number of methoxy groups -OCH3 is 1. The first kappa shape index (κ1) is 18.8. The lowest BCUT2D eigenvalue weighted by Crippen LogP contribution is -2.52.